The molecule has 0 heterocycles. The van der Waals surface area contributed by atoms with Gasteiger partial charge in [-0.2, -0.15) is 11.8 Å². The number of nitrogens with zero attached hydrogens (tertiary/aromatic N) is 1. The standard InChI is InChI=1S/C29H39N3O6S/c1-18-17-24(18)32(27(35)23(15-16-39-6)31-28(36)38-29(2,3)4)25(19-7-11-21(33)12-8-19)26(34)30-20-9-13-22(37-5)14-10-20/h7-14,18,23-25,33H,15-17H2,1-6H3,(H,30,34)(H,31,36). The van der Waals surface area contributed by atoms with Gasteiger partial charge in [0.05, 0.1) is 7.11 Å². The third kappa shape index (κ3) is 8.54. The van der Waals surface area contributed by atoms with E-state index in [0.29, 0.717) is 29.2 Å². The molecule has 4 unspecified atom stereocenters. The molecule has 3 rings (SSSR count). The molecule has 0 aromatic heterocycles. The topological polar surface area (TPSA) is 117 Å². The molecule has 9 nitrogen and oxygen atoms in total. The Morgan fingerprint density at radius 1 is 1.10 bits per heavy atom. The van der Waals surface area contributed by atoms with Crippen molar-refractivity contribution < 1.29 is 29.0 Å². The molecule has 0 spiro atoms. The van der Waals surface area contributed by atoms with Gasteiger partial charge in [0.1, 0.15) is 29.2 Å². The molecule has 0 saturated heterocycles. The van der Waals surface area contributed by atoms with Crippen LogP contribution in [0, 0.1) is 5.92 Å². The van der Waals surface area contributed by atoms with Crippen LogP contribution < -0.4 is 15.4 Å². The largest absolute Gasteiger partial charge is 0.508 e. The van der Waals surface area contributed by atoms with Gasteiger partial charge < -0.3 is 30.1 Å². The van der Waals surface area contributed by atoms with Crippen LogP contribution in [0.25, 0.3) is 0 Å². The molecule has 1 saturated carbocycles. The van der Waals surface area contributed by atoms with Crippen LogP contribution in [0.3, 0.4) is 0 Å². The van der Waals surface area contributed by atoms with Crippen molar-refractivity contribution in [3.63, 3.8) is 0 Å². The van der Waals surface area contributed by atoms with E-state index in [0.717, 1.165) is 6.42 Å². The minimum atomic E-state index is -0.993. The van der Waals surface area contributed by atoms with Crippen LogP contribution in [-0.2, 0) is 14.3 Å². The van der Waals surface area contributed by atoms with Gasteiger partial charge in [-0.1, -0.05) is 19.1 Å². The zero-order valence-electron chi connectivity index (χ0n) is 23.4. The lowest BCUT2D eigenvalue weighted by molar-refractivity contribution is -0.141. The summed E-state index contributed by atoms with van der Waals surface area (Å²) in [6.45, 7) is 7.30. The molecule has 3 N–H and O–H groups in total. The molecular weight excluding hydrogens is 518 g/mol. The van der Waals surface area contributed by atoms with Crippen molar-refractivity contribution >= 4 is 35.4 Å². The number of ether oxygens (including phenoxy) is 2. The van der Waals surface area contributed by atoms with Gasteiger partial charge in [-0.05, 0) is 93.5 Å². The number of thioether (sulfide) groups is 1. The number of carbonyl (C=O) groups excluding carboxylic acids is 3. The zero-order valence-corrected chi connectivity index (χ0v) is 24.2. The molecule has 2 aromatic carbocycles. The predicted molar refractivity (Wildman–Crippen MR) is 153 cm³/mol. The van der Waals surface area contributed by atoms with E-state index < -0.39 is 29.7 Å². The van der Waals surface area contributed by atoms with E-state index in [4.69, 9.17) is 9.47 Å². The first-order valence-electron chi connectivity index (χ1n) is 13.0. The van der Waals surface area contributed by atoms with Crippen LogP contribution in [0.1, 0.15) is 52.1 Å². The second-order valence-electron chi connectivity index (χ2n) is 10.7. The smallest absolute Gasteiger partial charge is 0.408 e. The average Bonchev–Trinajstić information content (AvgIpc) is 3.60. The maximum atomic E-state index is 14.2. The number of hydrogen-bond acceptors (Lipinski definition) is 7. The van der Waals surface area contributed by atoms with Crippen molar-refractivity contribution in [1.29, 1.82) is 0 Å². The highest BCUT2D eigenvalue weighted by atomic mass is 32.2. The minimum absolute atomic E-state index is 0.0511. The summed E-state index contributed by atoms with van der Waals surface area (Å²) >= 11 is 1.56. The summed E-state index contributed by atoms with van der Waals surface area (Å²) in [5.74, 6) is 0.755. The number of phenols is 1. The summed E-state index contributed by atoms with van der Waals surface area (Å²) in [6.07, 6.45) is 2.35. The number of hydrogen-bond donors (Lipinski definition) is 3. The van der Waals surface area contributed by atoms with Crippen molar-refractivity contribution in [1.82, 2.24) is 10.2 Å². The van der Waals surface area contributed by atoms with Crippen LogP contribution in [-0.4, -0.2) is 64.7 Å². The first kappa shape index (κ1) is 30.1. The predicted octanol–water partition coefficient (Wildman–Crippen LogP) is 4.96. The zero-order chi connectivity index (χ0) is 28.7. The van der Waals surface area contributed by atoms with Crippen LogP contribution in [0.5, 0.6) is 11.5 Å². The molecule has 1 fully saturated rings. The van der Waals surface area contributed by atoms with Crippen molar-refractivity contribution in [3.8, 4) is 11.5 Å². The maximum absolute atomic E-state index is 14.2. The van der Waals surface area contributed by atoms with Crippen LogP contribution >= 0.6 is 11.8 Å². The van der Waals surface area contributed by atoms with Crippen LogP contribution in [0.2, 0.25) is 0 Å². The highest BCUT2D eigenvalue weighted by Crippen LogP contribution is 2.41. The summed E-state index contributed by atoms with van der Waals surface area (Å²) in [4.78, 5) is 42.3. The lowest BCUT2D eigenvalue weighted by Crippen LogP contribution is -2.53. The molecule has 0 radical (unpaired) electrons. The van der Waals surface area contributed by atoms with Gasteiger partial charge in [0.2, 0.25) is 5.91 Å². The van der Waals surface area contributed by atoms with Gasteiger partial charge in [-0.3, -0.25) is 9.59 Å². The fourth-order valence-corrected chi connectivity index (χ4v) is 4.75. The number of amides is 3. The minimum Gasteiger partial charge on any atom is -0.508 e. The number of phenolic OH excluding ortho intramolecular Hbond substituents is 1. The second-order valence-corrected chi connectivity index (χ2v) is 11.7. The molecule has 39 heavy (non-hydrogen) atoms. The molecular formula is C29H39N3O6S. The van der Waals surface area contributed by atoms with E-state index >= 15 is 0 Å². The fraction of sp³-hybridized carbons (Fsp3) is 0.483. The third-order valence-electron chi connectivity index (χ3n) is 6.37. The molecule has 4 atom stereocenters. The second kappa shape index (κ2) is 13.1. The SMILES string of the molecule is COc1ccc(NC(=O)C(c2ccc(O)cc2)N(C(=O)C(CCSC)NC(=O)OC(C)(C)C)C2CC2C)cc1. The van der Waals surface area contributed by atoms with Crippen molar-refractivity contribution in [3.05, 3.63) is 54.1 Å². The number of alkyl carbamates (subject to hydrolysis) is 1. The van der Waals surface area contributed by atoms with E-state index in [-0.39, 0.29) is 23.6 Å². The highest BCUT2D eigenvalue weighted by Gasteiger charge is 2.48. The van der Waals surface area contributed by atoms with Crippen LogP contribution in [0.15, 0.2) is 48.5 Å². The quantitative estimate of drug-likeness (QED) is 0.357. The summed E-state index contributed by atoms with van der Waals surface area (Å²) in [6, 6.07) is 11.1. The molecule has 212 valence electrons. The van der Waals surface area contributed by atoms with E-state index in [1.54, 1.807) is 80.9 Å². The summed E-state index contributed by atoms with van der Waals surface area (Å²) < 4.78 is 10.6. The Balaban J connectivity index is 1.98. The number of anilines is 1. The molecule has 0 aliphatic heterocycles. The molecule has 1 aliphatic carbocycles. The van der Waals surface area contributed by atoms with E-state index in [1.807, 2.05) is 13.2 Å². The summed E-state index contributed by atoms with van der Waals surface area (Å²) in [7, 11) is 1.56. The molecule has 2 aromatic rings. The first-order valence-corrected chi connectivity index (χ1v) is 14.4. The van der Waals surface area contributed by atoms with Crippen molar-refractivity contribution in [2.24, 2.45) is 5.92 Å². The van der Waals surface area contributed by atoms with Gasteiger partial charge in [0, 0.05) is 11.7 Å². The maximum Gasteiger partial charge on any atom is 0.408 e. The summed E-state index contributed by atoms with van der Waals surface area (Å²) in [5.41, 5.74) is 0.369. The Hall–Kier alpha value is -3.40. The monoisotopic (exact) mass is 557 g/mol. The van der Waals surface area contributed by atoms with Gasteiger partial charge in [0.15, 0.2) is 0 Å². The van der Waals surface area contributed by atoms with E-state index in [2.05, 4.69) is 10.6 Å². The van der Waals surface area contributed by atoms with Gasteiger partial charge in [-0.15, -0.1) is 0 Å². The van der Waals surface area contributed by atoms with Crippen molar-refractivity contribution in [2.45, 2.75) is 64.3 Å². The highest BCUT2D eigenvalue weighted by molar-refractivity contribution is 7.98. The lowest BCUT2D eigenvalue weighted by Gasteiger charge is -2.35. The number of aromatic hydroxyl groups is 1. The Bertz CT molecular complexity index is 1130. The molecule has 0 bridgehead atoms. The third-order valence-corrected chi connectivity index (χ3v) is 7.02. The molecule has 3 amide bonds. The Labute approximate surface area is 234 Å². The average molecular weight is 558 g/mol. The number of carbonyl (C=O) groups is 3. The van der Waals surface area contributed by atoms with Gasteiger partial charge in [0.25, 0.3) is 5.91 Å². The fourth-order valence-electron chi connectivity index (χ4n) is 4.27. The Morgan fingerprint density at radius 2 is 1.72 bits per heavy atom. The lowest BCUT2D eigenvalue weighted by atomic mass is 10.0. The van der Waals surface area contributed by atoms with Crippen LogP contribution in [0.4, 0.5) is 10.5 Å². The van der Waals surface area contributed by atoms with Gasteiger partial charge in [-0.25, -0.2) is 4.79 Å². The van der Waals surface area contributed by atoms with Gasteiger partial charge >= 0.3 is 6.09 Å². The number of nitrogens with one attached hydrogen (secondary N) is 2. The number of benzene rings is 2. The molecule has 1 aliphatic rings. The number of rotatable bonds is 11. The van der Waals surface area contributed by atoms with Crippen molar-refractivity contribution in [2.75, 3.05) is 24.4 Å². The Kier molecular flexibility index (Phi) is 10.1. The first-order chi connectivity index (χ1) is 18.4. The van der Waals surface area contributed by atoms with E-state index in [9.17, 15) is 19.5 Å². The number of methoxy groups -OCH3 is 1. The van der Waals surface area contributed by atoms with E-state index in [1.165, 1.54) is 12.1 Å². The normalized spacial score (nSPS) is 17.9. The Morgan fingerprint density at radius 3 is 2.23 bits per heavy atom. The summed E-state index contributed by atoms with van der Waals surface area (Å²) in [5, 5.41) is 15.6. The molecule has 10 heteroatoms.